The number of carbonyl (C=O) groups is 1. The number of benzene rings is 3. The third-order valence-corrected chi connectivity index (χ3v) is 9.43. The van der Waals surface area contributed by atoms with Crippen LogP contribution in [0, 0.1) is 5.92 Å². The predicted molar refractivity (Wildman–Crippen MR) is 181 cm³/mol. The fourth-order valence-electron chi connectivity index (χ4n) is 6.38. The van der Waals surface area contributed by atoms with Crippen LogP contribution in [-0.2, 0) is 6.61 Å². The summed E-state index contributed by atoms with van der Waals surface area (Å²) in [5, 5.41) is 12.1. The van der Waals surface area contributed by atoms with E-state index >= 15 is 0 Å². The lowest BCUT2D eigenvalue weighted by Gasteiger charge is -2.41. The molecule has 0 saturated carbocycles. The maximum absolute atomic E-state index is 11.3. The van der Waals surface area contributed by atoms with Gasteiger partial charge in [0.1, 0.15) is 17.4 Å². The van der Waals surface area contributed by atoms with Gasteiger partial charge in [-0.2, -0.15) is 0 Å². The summed E-state index contributed by atoms with van der Waals surface area (Å²) in [4.78, 5) is 21.4. The highest BCUT2D eigenvalue weighted by Crippen LogP contribution is 2.48. The maximum Gasteiger partial charge on any atom is 0.335 e. The Morgan fingerprint density at radius 1 is 0.932 bits per heavy atom. The van der Waals surface area contributed by atoms with E-state index in [0.717, 1.165) is 41.9 Å². The third-order valence-electron chi connectivity index (χ3n) is 8.61. The Morgan fingerprint density at radius 3 is 2.18 bits per heavy atom. The van der Waals surface area contributed by atoms with Gasteiger partial charge in [-0.15, -0.1) is 11.3 Å². The van der Waals surface area contributed by atoms with Gasteiger partial charge in [0.15, 0.2) is 0 Å². The fraction of sp³-hybridized carbons (Fsp3) is 0.342. The van der Waals surface area contributed by atoms with Crippen LogP contribution in [0.15, 0.2) is 95.3 Å². The first-order valence-corrected chi connectivity index (χ1v) is 16.6. The summed E-state index contributed by atoms with van der Waals surface area (Å²) in [6.07, 6.45) is 11.0. The summed E-state index contributed by atoms with van der Waals surface area (Å²) in [5.41, 5.74) is 5.73. The van der Waals surface area contributed by atoms with E-state index in [1.807, 2.05) is 11.6 Å². The van der Waals surface area contributed by atoms with Gasteiger partial charge >= 0.3 is 5.97 Å². The average molecular weight is 607 g/mol. The highest BCUT2D eigenvalue weighted by atomic mass is 32.1. The van der Waals surface area contributed by atoms with Crippen LogP contribution >= 0.6 is 11.3 Å². The number of ether oxygens (including phenoxy) is 1. The summed E-state index contributed by atoms with van der Waals surface area (Å²) < 4.78 is 5.85. The molecule has 1 aliphatic rings. The molecule has 2 unspecified atom stereocenters. The molecule has 5 rings (SSSR count). The molecule has 0 radical (unpaired) electrons. The molecular formula is C38H42N2O3S. The lowest BCUT2D eigenvalue weighted by molar-refractivity contribution is 0.0696. The van der Waals surface area contributed by atoms with E-state index in [1.165, 1.54) is 34.1 Å². The van der Waals surface area contributed by atoms with Crippen LogP contribution in [0.1, 0.15) is 97.3 Å². The molecule has 4 aromatic rings. The van der Waals surface area contributed by atoms with Gasteiger partial charge in [-0.05, 0) is 65.6 Å². The molecule has 44 heavy (non-hydrogen) atoms. The number of carboxylic acids is 1. The van der Waals surface area contributed by atoms with E-state index in [9.17, 15) is 9.90 Å². The predicted octanol–water partition coefficient (Wildman–Crippen LogP) is 9.94. The molecule has 0 fully saturated rings. The highest BCUT2D eigenvalue weighted by molar-refractivity contribution is 7.09. The second kappa shape index (κ2) is 14.2. The van der Waals surface area contributed by atoms with Gasteiger partial charge in [0.25, 0.3) is 0 Å². The first kappa shape index (κ1) is 31.4. The van der Waals surface area contributed by atoms with Crippen molar-refractivity contribution in [2.75, 3.05) is 0 Å². The number of carboxylic acid groups (broad SMARTS) is 1. The molecule has 6 heteroatoms. The number of aromatic nitrogens is 1. The zero-order chi connectivity index (χ0) is 31.1. The minimum absolute atomic E-state index is 0.0943. The number of aliphatic imine (C=N–C) groups is 1. The number of aromatic carboxylic acids is 1. The number of hydrogen-bond donors (Lipinski definition) is 1. The number of allylic oxidation sites excluding steroid dienone is 1. The van der Waals surface area contributed by atoms with E-state index in [2.05, 4.69) is 88.4 Å². The summed E-state index contributed by atoms with van der Waals surface area (Å²) in [6.45, 7) is 9.31. The van der Waals surface area contributed by atoms with Crippen molar-refractivity contribution in [2.45, 2.75) is 77.4 Å². The Balaban J connectivity index is 1.43. The standard InChI is InChI=1S/C38H42N2O3S/c1-5-9-32(10-6-2)38(21-8-22-39-38)36(29-17-13-27(14-18-29)26(3)4)30-19-15-28(16-20-30)34-25-44-35(40-34)24-43-33-12-7-11-31(23-33)37(41)42/h7-8,11-23,25-26,32,36H,5-6,9-10,24H2,1-4H3,(H,41,42). The molecular weight excluding hydrogens is 564 g/mol. The maximum atomic E-state index is 11.3. The third kappa shape index (κ3) is 6.86. The van der Waals surface area contributed by atoms with Crippen molar-refractivity contribution in [1.29, 1.82) is 0 Å². The normalized spacial score (nSPS) is 16.6. The molecule has 0 bridgehead atoms. The van der Waals surface area contributed by atoms with Crippen LogP contribution in [0.25, 0.3) is 11.3 Å². The van der Waals surface area contributed by atoms with E-state index < -0.39 is 5.97 Å². The van der Waals surface area contributed by atoms with Crippen molar-refractivity contribution in [3.05, 3.63) is 118 Å². The molecule has 2 atom stereocenters. The number of thiazole rings is 1. The van der Waals surface area contributed by atoms with Gasteiger partial charge in [-0.3, -0.25) is 4.99 Å². The zero-order valence-electron chi connectivity index (χ0n) is 26.1. The van der Waals surface area contributed by atoms with Gasteiger partial charge in [-0.25, -0.2) is 9.78 Å². The quantitative estimate of drug-likeness (QED) is 0.155. The molecule has 1 N–H and O–H groups in total. The van der Waals surface area contributed by atoms with Gasteiger partial charge in [-0.1, -0.05) is 101 Å². The molecule has 5 nitrogen and oxygen atoms in total. The summed E-state index contributed by atoms with van der Waals surface area (Å²) in [5.74, 6) is 0.561. The second-order valence-electron chi connectivity index (χ2n) is 11.9. The van der Waals surface area contributed by atoms with Crippen molar-refractivity contribution >= 4 is 23.5 Å². The Bertz CT molecular complexity index is 1580. The number of nitrogens with zero attached hydrogens (tertiary/aromatic N) is 2. The van der Waals surface area contributed by atoms with E-state index in [-0.39, 0.29) is 23.6 Å². The molecule has 1 aromatic heterocycles. The van der Waals surface area contributed by atoms with E-state index in [4.69, 9.17) is 14.7 Å². The molecule has 1 aliphatic heterocycles. The molecule has 0 amide bonds. The largest absolute Gasteiger partial charge is 0.486 e. The van der Waals surface area contributed by atoms with Gasteiger partial charge < -0.3 is 9.84 Å². The Labute approximate surface area is 265 Å². The first-order chi connectivity index (χ1) is 21.3. The Morgan fingerprint density at radius 2 is 1.59 bits per heavy atom. The van der Waals surface area contributed by atoms with Crippen LogP contribution in [-0.4, -0.2) is 27.8 Å². The number of rotatable bonds is 14. The first-order valence-electron chi connectivity index (χ1n) is 15.7. The molecule has 0 aliphatic carbocycles. The Kier molecular flexibility index (Phi) is 10.1. The topological polar surface area (TPSA) is 71.8 Å². The van der Waals surface area contributed by atoms with Gasteiger partial charge in [0, 0.05) is 23.1 Å². The van der Waals surface area contributed by atoms with Crippen molar-refractivity contribution in [3.8, 4) is 17.0 Å². The van der Waals surface area contributed by atoms with E-state index in [0.29, 0.717) is 17.6 Å². The number of hydrogen-bond acceptors (Lipinski definition) is 5. The fourth-order valence-corrected chi connectivity index (χ4v) is 7.10. The van der Waals surface area contributed by atoms with Gasteiger partial charge in [0.05, 0.1) is 16.8 Å². The van der Waals surface area contributed by atoms with Crippen molar-refractivity contribution in [1.82, 2.24) is 4.98 Å². The molecule has 3 aromatic carbocycles. The highest BCUT2D eigenvalue weighted by Gasteiger charge is 2.45. The van der Waals surface area contributed by atoms with E-state index in [1.54, 1.807) is 18.2 Å². The lowest BCUT2D eigenvalue weighted by atomic mass is 9.66. The molecule has 0 saturated heterocycles. The van der Waals surface area contributed by atoms with Crippen LogP contribution in [0.3, 0.4) is 0 Å². The smallest absolute Gasteiger partial charge is 0.335 e. The van der Waals surface area contributed by atoms with Crippen molar-refractivity contribution in [3.63, 3.8) is 0 Å². The van der Waals surface area contributed by atoms with Gasteiger partial charge in [0.2, 0.25) is 0 Å². The van der Waals surface area contributed by atoms with Crippen LogP contribution in [0.4, 0.5) is 0 Å². The molecule has 228 valence electrons. The minimum atomic E-state index is -0.974. The Hall–Kier alpha value is -4.03. The monoisotopic (exact) mass is 606 g/mol. The lowest BCUT2D eigenvalue weighted by Crippen LogP contribution is -2.40. The summed E-state index contributed by atoms with van der Waals surface area (Å²) in [6, 6.07) is 24.6. The molecule has 0 spiro atoms. The second-order valence-corrected chi connectivity index (χ2v) is 12.9. The van der Waals surface area contributed by atoms with Crippen molar-refractivity contribution < 1.29 is 14.6 Å². The SMILES string of the molecule is CCCC(CCC)C1(C(c2ccc(-c3csc(COc4cccc(C(=O)O)c4)n3)cc2)c2ccc(C(C)C)cc2)C=CC=N1. The summed E-state index contributed by atoms with van der Waals surface area (Å²) in [7, 11) is 0. The summed E-state index contributed by atoms with van der Waals surface area (Å²) >= 11 is 1.54. The molecule has 2 heterocycles. The van der Waals surface area contributed by atoms with Crippen LogP contribution in [0.2, 0.25) is 0 Å². The van der Waals surface area contributed by atoms with Crippen LogP contribution < -0.4 is 4.74 Å². The van der Waals surface area contributed by atoms with Crippen molar-refractivity contribution in [2.24, 2.45) is 10.9 Å². The minimum Gasteiger partial charge on any atom is -0.486 e. The average Bonchev–Trinajstić information content (AvgIpc) is 3.72. The zero-order valence-corrected chi connectivity index (χ0v) is 26.9. The van der Waals surface area contributed by atoms with Crippen LogP contribution in [0.5, 0.6) is 5.75 Å².